The molecule has 2 heterocycles. The lowest BCUT2D eigenvalue weighted by Gasteiger charge is -2.42. The quantitative estimate of drug-likeness (QED) is 0.735. The first-order chi connectivity index (χ1) is 13.2. The SMILES string of the molecule is CCC(C)(C)C1CCC2(CC1)NC(=O)N(CC(=O)N(C)Cc1cccs1)C2=O. The zero-order valence-electron chi connectivity index (χ0n) is 17.3. The van der Waals surface area contributed by atoms with Gasteiger partial charge in [0, 0.05) is 11.9 Å². The predicted molar refractivity (Wildman–Crippen MR) is 110 cm³/mol. The molecule has 1 saturated carbocycles. The minimum Gasteiger partial charge on any atom is -0.339 e. The summed E-state index contributed by atoms with van der Waals surface area (Å²) in [4.78, 5) is 41.9. The van der Waals surface area contributed by atoms with E-state index in [4.69, 9.17) is 0 Å². The van der Waals surface area contributed by atoms with Crippen LogP contribution in [0.3, 0.4) is 0 Å². The summed E-state index contributed by atoms with van der Waals surface area (Å²) in [5.41, 5.74) is -0.572. The molecule has 1 aliphatic carbocycles. The standard InChI is InChI=1S/C21H31N3O3S/c1-5-20(2,3)15-8-10-21(11-9-15)18(26)24(19(27)22-21)14-17(25)23(4)13-16-7-6-12-28-16/h6-7,12,15H,5,8-11,13-14H2,1-4H3,(H,22,27). The van der Waals surface area contributed by atoms with Crippen molar-refractivity contribution in [3.8, 4) is 0 Å². The first-order valence-corrected chi connectivity index (χ1v) is 11.0. The number of carbonyl (C=O) groups excluding carboxylic acids is 3. The number of urea groups is 1. The molecule has 2 fully saturated rings. The smallest absolute Gasteiger partial charge is 0.325 e. The van der Waals surface area contributed by atoms with Gasteiger partial charge < -0.3 is 10.2 Å². The number of nitrogens with zero attached hydrogens (tertiary/aromatic N) is 2. The Labute approximate surface area is 171 Å². The van der Waals surface area contributed by atoms with Crippen molar-refractivity contribution in [2.75, 3.05) is 13.6 Å². The van der Waals surface area contributed by atoms with Gasteiger partial charge in [-0.05, 0) is 48.5 Å². The van der Waals surface area contributed by atoms with Crippen LogP contribution in [0.15, 0.2) is 17.5 Å². The molecule has 0 aromatic carbocycles. The van der Waals surface area contributed by atoms with Crippen LogP contribution in [0.1, 0.15) is 57.8 Å². The maximum Gasteiger partial charge on any atom is 0.325 e. The average Bonchev–Trinajstić information content (AvgIpc) is 3.25. The molecule has 0 unspecified atom stereocenters. The summed E-state index contributed by atoms with van der Waals surface area (Å²) in [7, 11) is 1.70. The molecule has 1 aliphatic heterocycles. The third kappa shape index (κ3) is 3.95. The van der Waals surface area contributed by atoms with Crippen LogP contribution < -0.4 is 5.32 Å². The summed E-state index contributed by atoms with van der Waals surface area (Å²) >= 11 is 1.58. The lowest BCUT2D eigenvalue weighted by molar-refractivity contribution is -0.139. The Morgan fingerprint density at radius 1 is 1.36 bits per heavy atom. The fourth-order valence-electron chi connectivity index (χ4n) is 4.32. The Hall–Kier alpha value is -1.89. The first-order valence-electron chi connectivity index (χ1n) is 10.1. The Balaban J connectivity index is 1.61. The third-order valence-corrected chi connectivity index (χ3v) is 7.65. The molecule has 1 saturated heterocycles. The second-order valence-electron chi connectivity index (χ2n) is 8.85. The van der Waals surface area contributed by atoms with Gasteiger partial charge in [0.15, 0.2) is 0 Å². The van der Waals surface area contributed by atoms with Crippen molar-refractivity contribution >= 4 is 29.2 Å². The Morgan fingerprint density at radius 2 is 2.04 bits per heavy atom. The number of thiophene rings is 1. The molecule has 3 rings (SSSR count). The van der Waals surface area contributed by atoms with Gasteiger partial charge in [-0.25, -0.2) is 4.79 Å². The van der Waals surface area contributed by atoms with Crippen LogP contribution in [0.5, 0.6) is 0 Å². The minimum atomic E-state index is -0.815. The van der Waals surface area contributed by atoms with Gasteiger partial charge in [-0.3, -0.25) is 14.5 Å². The lowest BCUT2D eigenvalue weighted by atomic mass is 9.65. The molecule has 2 aliphatic rings. The van der Waals surface area contributed by atoms with Crippen molar-refractivity contribution in [2.24, 2.45) is 11.3 Å². The second kappa shape index (κ2) is 7.85. The number of hydrogen-bond acceptors (Lipinski definition) is 4. The average molecular weight is 406 g/mol. The zero-order valence-corrected chi connectivity index (χ0v) is 18.1. The van der Waals surface area contributed by atoms with E-state index in [9.17, 15) is 14.4 Å². The minimum absolute atomic E-state index is 0.196. The van der Waals surface area contributed by atoms with Crippen molar-refractivity contribution in [3.05, 3.63) is 22.4 Å². The number of likely N-dealkylation sites (N-methyl/N-ethyl adjacent to an activating group) is 1. The van der Waals surface area contributed by atoms with E-state index < -0.39 is 11.6 Å². The molecular formula is C21H31N3O3S. The Bertz CT molecular complexity index is 736. The van der Waals surface area contributed by atoms with Gasteiger partial charge in [0.05, 0.1) is 6.54 Å². The van der Waals surface area contributed by atoms with E-state index in [-0.39, 0.29) is 23.8 Å². The van der Waals surface area contributed by atoms with Crippen molar-refractivity contribution in [1.82, 2.24) is 15.1 Å². The van der Waals surface area contributed by atoms with Gasteiger partial charge in [-0.15, -0.1) is 11.3 Å². The van der Waals surface area contributed by atoms with Crippen molar-refractivity contribution < 1.29 is 14.4 Å². The molecular weight excluding hydrogens is 374 g/mol. The molecule has 1 aromatic heterocycles. The molecule has 4 amide bonds. The number of imide groups is 1. The summed E-state index contributed by atoms with van der Waals surface area (Å²) in [5, 5.41) is 4.88. The molecule has 1 spiro atoms. The van der Waals surface area contributed by atoms with Crippen LogP contribution in [0.4, 0.5) is 4.79 Å². The highest BCUT2D eigenvalue weighted by Crippen LogP contribution is 2.45. The monoisotopic (exact) mass is 405 g/mol. The summed E-state index contributed by atoms with van der Waals surface area (Å²) in [6.07, 6.45) is 4.25. The van der Waals surface area contributed by atoms with E-state index in [1.165, 1.54) is 0 Å². The molecule has 1 aromatic rings. The van der Waals surface area contributed by atoms with Crippen LogP contribution in [0, 0.1) is 11.3 Å². The van der Waals surface area contributed by atoms with Crippen molar-refractivity contribution in [3.63, 3.8) is 0 Å². The molecule has 7 heteroatoms. The Kier molecular flexibility index (Phi) is 5.84. The van der Waals surface area contributed by atoms with E-state index in [1.807, 2.05) is 17.5 Å². The molecule has 0 radical (unpaired) electrons. The summed E-state index contributed by atoms with van der Waals surface area (Å²) in [5.74, 6) is 0.0957. The van der Waals surface area contributed by atoms with E-state index in [0.29, 0.717) is 25.3 Å². The molecule has 154 valence electrons. The highest BCUT2D eigenvalue weighted by atomic mass is 32.1. The molecule has 28 heavy (non-hydrogen) atoms. The van der Waals surface area contributed by atoms with Crippen LogP contribution >= 0.6 is 11.3 Å². The predicted octanol–water partition coefficient (Wildman–Crippen LogP) is 3.62. The summed E-state index contributed by atoms with van der Waals surface area (Å²) in [6.45, 7) is 7.04. The normalized spacial score (nSPS) is 25.3. The summed E-state index contributed by atoms with van der Waals surface area (Å²) < 4.78 is 0. The number of nitrogens with one attached hydrogen (secondary N) is 1. The Morgan fingerprint density at radius 3 is 2.61 bits per heavy atom. The maximum atomic E-state index is 13.1. The molecule has 6 nitrogen and oxygen atoms in total. The van der Waals surface area contributed by atoms with Gasteiger partial charge >= 0.3 is 6.03 Å². The van der Waals surface area contributed by atoms with E-state index >= 15 is 0 Å². The number of hydrogen-bond donors (Lipinski definition) is 1. The van der Waals surface area contributed by atoms with E-state index in [0.717, 1.165) is 29.0 Å². The van der Waals surface area contributed by atoms with Gasteiger partial charge in [0.2, 0.25) is 5.91 Å². The fraction of sp³-hybridized carbons (Fsp3) is 0.667. The van der Waals surface area contributed by atoms with Crippen LogP contribution in [0.2, 0.25) is 0 Å². The van der Waals surface area contributed by atoms with Gasteiger partial charge in [-0.1, -0.05) is 33.3 Å². The highest BCUT2D eigenvalue weighted by Gasteiger charge is 2.53. The van der Waals surface area contributed by atoms with Crippen LogP contribution in [0.25, 0.3) is 0 Å². The number of carbonyl (C=O) groups is 3. The van der Waals surface area contributed by atoms with Crippen molar-refractivity contribution in [1.29, 1.82) is 0 Å². The molecule has 0 bridgehead atoms. The van der Waals surface area contributed by atoms with Gasteiger partial charge in [0.1, 0.15) is 12.1 Å². The van der Waals surface area contributed by atoms with Crippen molar-refractivity contribution in [2.45, 2.75) is 65.0 Å². The lowest BCUT2D eigenvalue weighted by Crippen LogP contribution is -2.51. The molecule has 1 N–H and O–H groups in total. The zero-order chi connectivity index (χ0) is 20.5. The van der Waals surface area contributed by atoms with Gasteiger partial charge in [0.25, 0.3) is 5.91 Å². The van der Waals surface area contributed by atoms with Gasteiger partial charge in [-0.2, -0.15) is 0 Å². The number of amides is 4. The van der Waals surface area contributed by atoms with E-state index in [1.54, 1.807) is 23.3 Å². The fourth-order valence-corrected chi connectivity index (χ4v) is 5.08. The largest absolute Gasteiger partial charge is 0.339 e. The second-order valence-corrected chi connectivity index (χ2v) is 9.88. The maximum absolute atomic E-state index is 13.1. The molecule has 0 atom stereocenters. The van der Waals surface area contributed by atoms with E-state index in [2.05, 4.69) is 26.1 Å². The topological polar surface area (TPSA) is 69.7 Å². The highest BCUT2D eigenvalue weighted by molar-refractivity contribution is 7.09. The third-order valence-electron chi connectivity index (χ3n) is 6.79. The number of rotatable bonds is 6. The summed E-state index contributed by atoms with van der Waals surface area (Å²) in [6, 6.07) is 3.47. The van der Waals surface area contributed by atoms with Crippen LogP contribution in [-0.2, 0) is 16.1 Å². The first kappa shape index (κ1) is 20.8. The van der Waals surface area contributed by atoms with Crippen LogP contribution in [-0.4, -0.2) is 46.8 Å².